The second kappa shape index (κ2) is 9.17. The molecule has 0 fully saturated rings. The van der Waals surface area contributed by atoms with Crippen LogP contribution in [0.4, 0.5) is 0 Å². The lowest BCUT2D eigenvalue weighted by atomic mass is 10.2. The van der Waals surface area contributed by atoms with Gasteiger partial charge in [0.2, 0.25) is 10.0 Å². The number of nitrogens with one attached hydrogen (secondary N) is 1. The van der Waals surface area contributed by atoms with E-state index in [0.29, 0.717) is 19.6 Å². The van der Waals surface area contributed by atoms with Gasteiger partial charge in [-0.25, -0.2) is 13.2 Å². The fourth-order valence-corrected chi connectivity index (χ4v) is 3.81. The molecule has 1 aromatic carbocycles. The Morgan fingerprint density at radius 2 is 1.84 bits per heavy atom. The van der Waals surface area contributed by atoms with Crippen LogP contribution < -0.4 is 5.32 Å². The molecule has 9 heteroatoms. The van der Waals surface area contributed by atoms with Crippen molar-refractivity contribution in [3.05, 3.63) is 28.8 Å². The van der Waals surface area contributed by atoms with Crippen molar-refractivity contribution in [2.24, 2.45) is 0 Å². The van der Waals surface area contributed by atoms with Crippen molar-refractivity contribution in [2.45, 2.75) is 38.7 Å². The number of benzene rings is 1. The molecule has 1 amide bonds. The molecule has 1 N–H and O–H groups in total. The van der Waals surface area contributed by atoms with E-state index < -0.39 is 28.0 Å². The maximum absolute atomic E-state index is 12.6. The molecule has 0 aliphatic rings. The van der Waals surface area contributed by atoms with E-state index in [0.717, 1.165) is 0 Å². The number of carbonyl (C=O) groups excluding carboxylic acids is 2. The molecule has 0 saturated carbocycles. The first-order chi connectivity index (χ1) is 11.7. The molecule has 0 bridgehead atoms. The van der Waals surface area contributed by atoms with Gasteiger partial charge in [0.1, 0.15) is 0 Å². The Hall–Kier alpha value is -1.64. The number of hydrogen-bond acceptors (Lipinski definition) is 5. The summed E-state index contributed by atoms with van der Waals surface area (Å²) in [7, 11) is -3.74. The summed E-state index contributed by atoms with van der Waals surface area (Å²) in [6.07, 6.45) is -1.02. The van der Waals surface area contributed by atoms with E-state index in [9.17, 15) is 18.0 Å². The van der Waals surface area contributed by atoms with Gasteiger partial charge in [-0.1, -0.05) is 25.4 Å². The number of esters is 1. The summed E-state index contributed by atoms with van der Waals surface area (Å²) in [6.45, 7) is 7.61. The molecule has 1 rings (SSSR count). The summed E-state index contributed by atoms with van der Waals surface area (Å²) in [6, 6.07) is 3.83. The first kappa shape index (κ1) is 21.4. The summed E-state index contributed by atoms with van der Waals surface area (Å²) in [5.41, 5.74) is -0.106. The molecular weight excluding hydrogens is 368 g/mol. The fourth-order valence-electron chi connectivity index (χ4n) is 2.13. The Morgan fingerprint density at radius 3 is 2.36 bits per heavy atom. The van der Waals surface area contributed by atoms with Crippen molar-refractivity contribution < 1.29 is 22.7 Å². The predicted molar refractivity (Wildman–Crippen MR) is 95.1 cm³/mol. The molecule has 0 radical (unpaired) electrons. The van der Waals surface area contributed by atoms with E-state index in [-0.39, 0.29) is 15.5 Å². The number of ether oxygens (including phenoxy) is 1. The monoisotopic (exact) mass is 390 g/mol. The van der Waals surface area contributed by atoms with Gasteiger partial charge in [-0.3, -0.25) is 4.79 Å². The normalized spacial score (nSPS) is 12.7. The number of likely N-dealkylation sites (N-methyl/N-ethyl adjacent to an activating group) is 1. The zero-order valence-electron chi connectivity index (χ0n) is 14.7. The van der Waals surface area contributed by atoms with E-state index in [2.05, 4.69) is 5.32 Å². The molecule has 0 unspecified atom stereocenters. The lowest BCUT2D eigenvalue weighted by molar-refractivity contribution is -0.128. The van der Waals surface area contributed by atoms with Crippen molar-refractivity contribution in [1.29, 1.82) is 0 Å². The highest BCUT2D eigenvalue weighted by molar-refractivity contribution is 7.89. The predicted octanol–water partition coefficient (Wildman–Crippen LogP) is 2.05. The number of carbonyl (C=O) groups is 2. The zero-order valence-corrected chi connectivity index (χ0v) is 16.3. The van der Waals surface area contributed by atoms with Gasteiger partial charge >= 0.3 is 5.97 Å². The average Bonchev–Trinajstić information content (AvgIpc) is 2.55. The van der Waals surface area contributed by atoms with Gasteiger partial charge in [0.15, 0.2) is 6.10 Å². The summed E-state index contributed by atoms with van der Waals surface area (Å²) < 4.78 is 31.5. The van der Waals surface area contributed by atoms with Crippen LogP contribution in [0.5, 0.6) is 0 Å². The lowest BCUT2D eigenvalue weighted by Crippen LogP contribution is -2.35. The molecule has 1 atom stereocenters. The minimum absolute atomic E-state index is 0.0478. The van der Waals surface area contributed by atoms with Gasteiger partial charge in [-0.15, -0.1) is 0 Å². The Morgan fingerprint density at radius 1 is 1.24 bits per heavy atom. The highest BCUT2D eigenvalue weighted by Gasteiger charge is 2.25. The fraction of sp³-hybridized carbons (Fsp3) is 0.500. The smallest absolute Gasteiger partial charge is 0.340 e. The molecule has 25 heavy (non-hydrogen) atoms. The maximum atomic E-state index is 12.6. The van der Waals surface area contributed by atoms with Gasteiger partial charge < -0.3 is 10.1 Å². The molecule has 1 aromatic rings. The Labute approximate surface area is 153 Å². The first-order valence-corrected chi connectivity index (χ1v) is 9.79. The average molecular weight is 391 g/mol. The van der Waals surface area contributed by atoms with E-state index in [4.69, 9.17) is 16.3 Å². The molecule has 7 nitrogen and oxygen atoms in total. The Balaban J connectivity index is 3.13. The third-order valence-corrected chi connectivity index (χ3v) is 5.88. The second-order valence-electron chi connectivity index (χ2n) is 5.17. The van der Waals surface area contributed by atoms with Crippen LogP contribution in [0.3, 0.4) is 0 Å². The minimum atomic E-state index is -3.74. The Kier molecular flexibility index (Phi) is 7.85. The number of nitrogens with zero attached hydrogens (tertiary/aromatic N) is 1. The SMILES string of the molecule is CCNC(=O)[C@@H](C)OC(=O)c1cc(S(=O)(=O)N(CC)CC)ccc1Cl. The van der Waals surface area contributed by atoms with Gasteiger partial charge in [0, 0.05) is 19.6 Å². The van der Waals surface area contributed by atoms with E-state index in [1.807, 2.05) is 0 Å². The third-order valence-electron chi connectivity index (χ3n) is 3.50. The van der Waals surface area contributed by atoms with Crippen LogP contribution in [0, 0.1) is 0 Å². The first-order valence-electron chi connectivity index (χ1n) is 7.97. The molecule has 0 spiro atoms. The molecule has 0 saturated heterocycles. The molecule has 0 heterocycles. The second-order valence-corrected chi connectivity index (χ2v) is 7.52. The number of hydrogen-bond donors (Lipinski definition) is 1. The van der Waals surface area contributed by atoms with Crippen LogP contribution in [0.25, 0.3) is 0 Å². The van der Waals surface area contributed by atoms with Crippen molar-refractivity contribution in [2.75, 3.05) is 19.6 Å². The third kappa shape index (κ3) is 5.17. The Bertz CT molecular complexity index is 732. The zero-order chi connectivity index (χ0) is 19.2. The van der Waals surface area contributed by atoms with E-state index >= 15 is 0 Å². The number of rotatable bonds is 8. The number of halogens is 1. The van der Waals surface area contributed by atoms with E-state index in [1.54, 1.807) is 20.8 Å². The summed E-state index contributed by atoms with van der Waals surface area (Å²) in [4.78, 5) is 23.9. The van der Waals surface area contributed by atoms with Crippen LogP contribution in [-0.4, -0.2) is 50.3 Å². The summed E-state index contributed by atoms with van der Waals surface area (Å²) >= 11 is 6.00. The van der Waals surface area contributed by atoms with Gasteiger partial charge in [-0.2, -0.15) is 4.31 Å². The molecule has 0 aliphatic carbocycles. The van der Waals surface area contributed by atoms with Crippen molar-refractivity contribution in [3.63, 3.8) is 0 Å². The highest BCUT2D eigenvalue weighted by Crippen LogP contribution is 2.24. The molecule has 140 valence electrons. The van der Waals surface area contributed by atoms with Crippen LogP contribution in [0.1, 0.15) is 38.1 Å². The van der Waals surface area contributed by atoms with E-state index in [1.165, 1.54) is 29.4 Å². The van der Waals surface area contributed by atoms with Crippen LogP contribution >= 0.6 is 11.6 Å². The lowest BCUT2D eigenvalue weighted by Gasteiger charge is -2.19. The van der Waals surface area contributed by atoms with Crippen molar-refractivity contribution >= 4 is 33.5 Å². The molecule has 0 aromatic heterocycles. The van der Waals surface area contributed by atoms with Crippen molar-refractivity contribution in [1.82, 2.24) is 9.62 Å². The number of sulfonamides is 1. The van der Waals surface area contributed by atoms with Crippen molar-refractivity contribution in [3.8, 4) is 0 Å². The topological polar surface area (TPSA) is 92.8 Å². The summed E-state index contributed by atoms with van der Waals surface area (Å²) in [5.74, 6) is -1.31. The maximum Gasteiger partial charge on any atom is 0.340 e. The van der Waals surface area contributed by atoms with Crippen LogP contribution in [0.2, 0.25) is 5.02 Å². The highest BCUT2D eigenvalue weighted by atomic mass is 35.5. The molecular formula is C16H23ClN2O5S. The minimum Gasteiger partial charge on any atom is -0.449 e. The van der Waals surface area contributed by atoms with Gasteiger partial charge in [-0.05, 0) is 32.0 Å². The summed E-state index contributed by atoms with van der Waals surface area (Å²) in [5, 5.41) is 2.58. The standard InChI is InChI=1S/C16H23ClN2O5S/c1-5-18-15(20)11(4)24-16(21)13-10-12(8-9-14(13)17)25(22,23)19(6-2)7-3/h8-11H,5-7H2,1-4H3,(H,18,20)/t11-/m1/s1. The van der Waals surface area contributed by atoms with Crippen LogP contribution in [0.15, 0.2) is 23.1 Å². The van der Waals surface area contributed by atoms with Crippen LogP contribution in [-0.2, 0) is 19.6 Å². The quantitative estimate of drug-likeness (QED) is 0.686. The largest absolute Gasteiger partial charge is 0.449 e. The molecule has 0 aliphatic heterocycles. The van der Waals surface area contributed by atoms with Gasteiger partial charge in [0.05, 0.1) is 15.5 Å². The number of amides is 1. The van der Waals surface area contributed by atoms with Gasteiger partial charge in [0.25, 0.3) is 5.91 Å².